The van der Waals surface area contributed by atoms with Gasteiger partial charge in [0.25, 0.3) is 0 Å². The third-order valence-electron chi connectivity index (χ3n) is 2.34. The van der Waals surface area contributed by atoms with E-state index >= 15 is 0 Å². The lowest BCUT2D eigenvalue weighted by atomic mass is 10.0. The lowest BCUT2D eigenvalue weighted by molar-refractivity contribution is -0.143. The zero-order chi connectivity index (χ0) is 12.8. The van der Waals surface area contributed by atoms with E-state index in [4.69, 9.17) is 5.11 Å². The normalized spacial score (nSPS) is 12.4. The predicted molar refractivity (Wildman–Crippen MR) is 64.8 cm³/mol. The molecular formula is C11H16N2O3S. The Hall–Kier alpha value is -1.43. The zero-order valence-corrected chi connectivity index (χ0v) is 10.7. The number of aryl methyl sites for hydroxylation is 1. The average Bonchev–Trinajstić information content (AvgIpc) is 2.74. The summed E-state index contributed by atoms with van der Waals surface area (Å²) in [5, 5.41) is 13.3. The van der Waals surface area contributed by atoms with Crippen LogP contribution in [0.15, 0.2) is 10.9 Å². The minimum Gasteiger partial charge on any atom is -0.480 e. The Labute approximate surface area is 104 Å². The summed E-state index contributed by atoms with van der Waals surface area (Å²) in [4.78, 5) is 26.5. The standard InChI is InChI=1S/C11H16N2O3S/c1-7(2)10(11(15)16)13-9(14)4-3-8-5-17-6-12-8/h5-7,10H,3-4H2,1-2H3,(H,13,14)(H,15,16). The molecule has 1 heterocycles. The van der Waals surface area contributed by atoms with Gasteiger partial charge in [-0.1, -0.05) is 13.8 Å². The van der Waals surface area contributed by atoms with Gasteiger partial charge >= 0.3 is 5.97 Å². The van der Waals surface area contributed by atoms with E-state index in [0.717, 1.165) is 5.69 Å². The third kappa shape index (κ3) is 4.52. The summed E-state index contributed by atoms with van der Waals surface area (Å²) in [6.45, 7) is 3.53. The van der Waals surface area contributed by atoms with E-state index < -0.39 is 12.0 Å². The van der Waals surface area contributed by atoms with Gasteiger partial charge in [0.05, 0.1) is 11.2 Å². The van der Waals surface area contributed by atoms with Crippen LogP contribution < -0.4 is 5.32 Å². The Bertz CT molecular complexity index is 376. The second-order valence-corrected chi connectivity index (χ2v) is 4.83. The molecule has 0 bridgehead atoms. The van der Waals surface area contributed by atoms with Crippen molar-refractivity contribution in [2.75, 3.05) is 0 Å². The SMILES string of the molecule is CC(C)C(NC(=O)CCc1cscn1)C(=O)O. The molecule has 0 aliphatic carbocycles. The van der Waals surface area contributed by atoms with Crippen molar-refractivity contribution < 1.29 is 14.7 Å². The number of carboxylic acid groups (broad SMARTS) is 1. The Balaban J connectivity index is 2.40. The van der Waals surface area contributed by atoms with Crippen molar-refractivity contribution in [1.29, 1.82) is 0 Å². The average molecular weight is 256 g/mol. The smallest absolute Gasteiger partial charge is 0.326 e. The van der Waals surface area contributed by atoms with Crippen molar-refractivity contribution in [2.45, 2.75) is 32.7 Å². The molecule has 1 rings (SSSR count). The minimum atomic E-state index is -0.998. The number of amides is 1. The highest BCUT2D eigenvalue weighted by atomic mass is 32.1. The van der Waals surface area contributed by atoms with Crippen LogP contribution in [-0.4, -0.2) is 28.0 Å². The van der Waals surface area contributed by atoms with E-state index in [9.17, 15) is 9.59 Å². The van der Waals surface area contributed by atoms with Crippen molar-refractivity contribution >= 4 is 23.2 Å². The number of hydrogen-bond donors (Lipinski definition) is 2. The van der Waals surface area contributed by atoms with E-state index in [1.54, 1.807) is 19.4 Å². The van der Waals surface area contributed by atoms with Crippen LogP contribution in [0.4, 0.5) is 0 Å². The van der Waals surface area contributed by atoms with Crippen LogP contribution in [0.1, 0.15) is 26.0 Å². The number of nitrogens with one attached hydrogen (secondary N) is 1. The maximum Gasteiger partial charge on any atom is 0.326 e. The van der Waals surface area contributed by atoms with Crippen molar-refractivity contribution in [1.82, 2.24) is 10.3 Å². The molecule has 0 fully saturated rings. The second-order valence-electron chi connectivity index (χ2n) is 4.11. The van der Waals surface area contributed by atoms with Gasteiger partial charge in [-0.05, 0) is 12.3 Å². The first-order valence-electron chi connectivity index (χ1n) is 5.40. The molecule has 0 spiro atoms. The molecule has 0 aliphatic rings. The first kappa shape index (κ1) is 13.6. The predicted octanol–water partition coefficient (Wildman–Crippen LogP) is 1.30. The number of rotatable bonds is 6. The van der Waals surface area contributed by atoms with Crippen LogP contribution in [0.25, 0.3) is 0 Å². The van der Waals surface area contributed by atoms with E-state index in [-0.39, 0.29) is 18.2 Å². The molecule has 0 aromatic carbocycles. The monoisotopic (exact) mass is 256 g/mol. The van der Waals surface area contributed by atoms with Gasteiger partial charge in [0, 0.05) is 11.8 Å². The van der Waals surface area contributed by atoms with Gasteiger partial charge in [0.15, 0.2) is 0 Å². The largest absolute Gasteiger partial charge is 0.480 e. The lowest BCUT2D eigenvalue weighted by Gasteiger charge is -2.17. The highest BCUT2D eigenvalue weighted by Crippen LogP contribution is 2.05. The molecule has 1 unspecified atom stereocenters. The first-order chi connectivity index (χ1) is 8.00. The minimum absolute atomic E-state index is 0.129. The number of nitrogens with zero attached hydrogens (tertiary/aromatic N) is 1. The molecule has 1 amide bonds. The molecular weight excluding hydrogens is 240 g/mol. The van der Waals surface area contributed by atoms with E-state index in [1.165, 1.54) is 11.3 Å². The van der Waals surface area contributed by atoms with Gasteiger partial charge in [-0.3, -0.25) is 4.79 Å². The number of carboxylic acids is 1. The maximum atomic E-state index is 11.6. The Kier molecular flexibility index (Phi) is 5.09. The quantitative estimate of drug-likeness (QED) is 0.804. The Morgan fingerprint density at radius 1 is 1.53 bits per heavy atom. The van der Waals surface area contributed by atoms with Gasteiger partial charge in [-0.25, -0.2) is 9.78 Å². The van der Waals surface area contributed by atoms with Crippen LogP contribution >= 0.6 is 11.3 Å². The highest BCUT2D eigenvalue weighted by molar-refractivity contribution is 7.07. The molecule has 0 saturated carbocycles. The number of carbonyl (C=O) groups is 2. The Morgan fingerprint density at radius 3 is 2.71 bits per heavy atom. The molecule has 1 atom stereocenters. The number of aromatic nitrogens is 1. The van der Waals surface area contributed by atoms with Crippen molar-refractivity contribution in [3.05, 3.63) is 16.6 Å². The fourth-order valence-corrected chi connectivity index (χ4v) is 1.95. The lowest BCUT2D eigenvalue weighted by Crippen LogP contribution is -2.44. The molecule has 6 heteroatoms. The second kappa shape index (κ2) is 6.34. The van der Waals surface area contributed by atoms with E-state index in [0.29, 0.717) is 6.42 Å². The maximum absolute atomic E-state index is 11.6. The summed E-state index contributed by atoms with van der Waals surface area (Å²) >= 11 is 1.48. The first-order valence-corrected chi connectivity index (χ1v) is 6.34. The molecule has 1 aromatic heterocycles. The van der Waals surface area contributed by atoms with Gasteiger partial charge in [0.1, 0.15) is 6.04 Å². The molecule has 2 N–H and O–H groups in total. The molecule has 1 aromatic rings. The summed E-state index contributed by atoms with van der Waals surface area (Å²) in [5.41, 5.74) is 2.57. The number of carbonyl (C=O) groups excluding carboxylic acids is 1. The fraction of sp³-hybridized carbons (Fsp3) is 0.545. The topological polar surface area (TPSA) is 79.3 Å². The van der Waals surface area contributed by atoms with E-state index in [1.807, 2.05) is 5.38 Å². The number of aliphatic carboxylic acids is 1. The molecule has 17 heavy (non-hydrogen) atoms. The summed E-state index contributed by atoms with van der Waals surface area (Å²) < 4.78 is 0. The van der Waals surface area contributed by atoms with Gasteiger partial charge in [-0.2, -0.15) is 0 Å². The van der Waals surface area contributed by atoms with Gasteiger partial charge in [-0.15, -0.1) is 11.3 Å². The molecule has 5 nitrogen and oxygen atoms in total. The summed E-state index contributed by atoms with van der Waals surface area (Å²) in [6.07, 6.45) is 0.806. The Morgan fingerprint density at radius 2 is 2.24 bits per heavy atom. The van der Waals surface area contributed by atoms with Crippen LogP contribution in [0, 0.1) is 5.92 Å². The van der Waals surface area contributed by atoms with Crippen LogP contribution in [-0.2, 0) is 16.0 Å². The van der Waals surface area contributed by atoms with Crippen LogP contribution in [0.3, 0.4) is 0 Å². The molecule has 0 saturated heterocycles. The summed E-state index contributed by atoms with van der Waals surface area (Å²) in [6, 6.07) is -0.821. The highest BCUT2D eigenvalue weighted by Gasteiger charge is 2.23. The number of thiazole rings is 1. The molecule has 94 valence electrons. The van der Waals surface area contributed by atoms with Gasteiger partial charge in [0.2, 0.25) is 5.91 Å². The van der Waals surface area contributed by atoms with Crippen LogP contribution in [0.2, 0.25) is 0 Å². The molecule has 0 radical (unpaired) electrons. The van der Waals surface area contributed by atoms with Crippen molar-refractivity contribution in [3.63, 3.8) is 0 Å². The number of hydrogen-bond acceptors (Lipinski definition) is 4. The summed E-state index contributed by atoms with van der Waals surface area (Å²) in [5.74, 6) is -1.38. The summed E-state index contributed by atoms with van der Waals surface area (Å²) in [7, 11) is 0. The third-order valence-corrected chi connectivity index (χ3v) is 2.98. The van der Waals surface area contributed by atoms with Crippen molar-refractivity contribution in [2.24, 2.45) is 5.92 Å². The van der Waals surface area contributed by atoms with Crippen LogP contribution in [0.5, 0.6) is 0 Å². The van der Waals surface area contributed by atoms with Gasteiger partial charge < -0.3 is 10.4 Å². The zero-order valence-electron chi connectivity index (χ0n) is 9.84. The molecule has 0 aliphatic heterocycles. The fourth-order valence-electron chi connectivity index (χ4n) is 1.36. The van der Waals surface area contributed by atoms with E-state index in [2.05, 4.69) is 10.3 Å². The van der Waals surface area contributed by atoms with Crippen molar-refractivity contribution in [3.8, 4) is 0 Å².